The number of ketones is 2. The molecule has 1 saturated heterocycles. The number of rotatable bonds is 10. The first-order chi connectivity index (χ1) is 18.8. The molecule has 3 aliphatic rings. The minimum Gasteiger partial charge on any atom is -0.480 e. The number of primary amides is 1. The third-order valence-corrected chi connectivity index (χ3v) is 8.43. The minimum absolute atomic E-state index is 0.0116. The minimum atomic E-state index is -2.45. The summed E-state index contributed by atoms with van der Waals surface area (Å²) >= 11 is 1.02. The van der Waals surface area contributed by atoms with Crippen LogP contribution in [0.2, 0.25) is 0 Å². The summed E-state index contributed by atoms with van der Waals surface area (Å²) in [6.07, 6.45) is -2.15. The van der Waals surface area contributed by atoms with Crippen molar-refractivity contribution in [3.05, 3.63) is 46.7 Å². The average Bonchev–Trinajstić information content (AvgIpc) is 3.14. The van der Waals surface area contributed by atoms with Crippen LogP contribution in [0, 0.1) is 5.41 Å². The van der Waals surface area contributed by atoms with Crippen molar-refractivity contribution in [3.8, 4) is 0 Å². The Balaban J connectivity index is 1.50. The van der Waals surface area contributed by atoms with Gasteiger partial charge in [0.25, 0.3) is 11.6 Å². The number of ether oxygens (including phenoxy) is 2. The Bertz CT molecular complexity index is 1360. The third kappa shape index (κ3) is 4.20. The van der Waals surface area contributed by atoms with Crippen molar-refractivity contribution >= 4 is 53.2 Å². The van der Waals surface area contributed by atoms with Gasteiger partial charge >= 0.3 is 18.0 Å². The highest BCUT2D eigenvalue weighted by molar-refractivity contribution is 8.00. The van der Waals surface area contributed by atoms with Gasteiger partial charge in [-0.15, -0.1) is 11.8 Å². The molecule has 1 aromatic carbocycles. The number of carbonyl (C=O) groups excluding carboxylic acids is 5. The fraction of sp³-hybridized carbons (Fsp3) is 0.375. The number of methoxy groups -OCH3 is 1. The quantitative estimate of drug-likeness (QED) is 0.128. The fourth-order valence-corrected chi connectivity index (χ4v) is 6.38. The molecule has 2 heterocycles. The Kier molecular flexibility index (Phi) is 7.44. The van der Waals surface area contributed by atoms with Gasteiger partial charge in [-0.3, -0.25) is 28.9 Å². The van der Waals surface area contributed by atoms with Crippen LogP contribution in [-0.4, -0.2) is 93.1 Å². The van der Waals surface area contributed by atoms with Crippen LogP contribution in [0.4, 0.5) is 4.79 Å². The van der Waals surface area contributed by atoms with Gasteiger partial charge in [-0.25, -0.2) is 9.59 Å². The lowest BCUT2D eigenvalue weighted by atomic mass is 9.77. The Morgan fingerprint density at radius 1 is 1.15 bits per heavy atom. The molecular weight excluding hydrogens is 552 g/mol. The molecular formula is C24H24N4O11S. The summed E-state index contributed by atoms with van der Waals surface area (Å²) < 4.78 is 10.00. The number of thioether (sulfide) groups is 1. The van der Waals surface area contributed by atoms with Crippen molar-refractivity contribution in [1.82, 2.24) is 10.2 Å². The molecule has 16 heteroatoms. The van der Waals surface area contributed by atoms with Gasteiger partial charge in [-0.1, -0.05) is 24.3 Å². The second-order valence-corrected chi connectivity index (χ2v) is 10.3. The summed E-state index contributed by atoms with van der Waals surface area (Å²) in [5, 5.41) is 20.9. The van der Waals surface area contributed by atoms with E-state index >= 15 is 0 Å². The molecule has 0 spiro atoms. The number of carboxylic acid groups (broad SMARTS) is 2. The highest BCUT2D eigenvalue weighted by Crippen LogP contribution is 2.47. The highest BCUT2D eigenvalue weighted by atomic mass is 32.2. The van der Waals surface area contributed by atoms with Gasteiger partial charge in [0.1, 0.15) is 17.7 Å². The normalized spacial score (nSPS) is 23.6. The molecule has 0 aromatic heterocycles. The van der Waals surface area contributed by atoms with Gasteiger partial charge in [0.15, 0.2) is 17.0 Å². The van der Waals surface area contributed by atoms with Crippen LogP contribution in [0.25, 0.3) is 0 Å². The number of carboxylic acids is 2. The summed E-state index contributed by atoms with van der Waals surface area (Å²) in [6.45, 7) is -0.468. The van der Waals surface area contributed by atoms with Gasteiger partial charge in [0, 0.05) is 29.6 Å². The smallest absolute Gasteiger partial charge is 0.404 e. The van der Waals surface area contributed by atoms with Crippen molar-refractivity contribution in [1.29, 1.82) is 0 Å². The van der Waals surface area contributed by atoms with E-state index in [9.17, 15) is 43.8 Å². The first-order valence-electron chi connectivity index (χ1n) is 11.7. The monoisotopic (exact) mass is 576 g/mol. The highest BCUT2D eigenvalue weighted by Gasteiger charge is 2.67. The van der Waals surface area contributed by atoms with Crippen LogP contribution in [0.1, 0.15) is 33.6 Å². The van der Waals surface area contributed by atoms with Crippen LogP contribution >= 0.6 is 11.8 Å². The zero-order valence-corrected chi connectivity index (χ0v) is 21.7. The number of fused-ring (bicyclic) bond motifs is 2. The van der Waals surface area contributed by atoms with Crippen molar-refractivity contribution in [2.45, 2.75) is 30.0 Å². The lowest BCUT2D eigenvalue weighted by Crippen LogP contribution is -2.81. The van der Waals surface area contributed by atoms with Crippen molar-refractivity contribution in [3.63, 3.8) is 0 Å². The number of Topliss-reactive ketones (excluding diaryl/α,β-unsaturated/α-hetero) is 2. The van der Waals surface area contributed by atoms with Crippen LogP contribution in [0.15, 0.2) is 35.5 Å². The predicted molar refractivity (Wildman–Crippen MR) is 134 cm³/mol. The number of amides is 3. The molecule has 2 aliphatic heterocycles. The molecule has 0 saturated carbocycles. The average molecular weight is 577 g/mol. The first kappa shape index (κ1) is 28.7. The van der Waals surface area contributed by atoms with E-state index in [-0.39, 0.29) is 22.5 Å². The second kappa shape index (κ2) is 10.4. The summed E-state index contributed by atoms with van der Waals surface area (Å²) in [7, 11) is 1.12. The summed E-state index contributed by atoms with van der Waals surface area (Å²) in [5.74, 6) is -6.89. The molecule has 4 rings (SSSR count). The van der Waals surface area contributed by atoms with E-state index < -0.39 is 89.1 Å². The van der Waals surface area contributed by atoms with Crippen LogP contribution in [-0.2, 0) is 28.7 Å². The maximum Gasteiger partial charge on any atom is 0.404 e. The van der Waals surface area contributed by atoms with Crippen LogP contribution < -0.4 is 16.8 Å². The first-order valence-corrected chi connectivity index (χ1v) is 12.8. The molecule has 3 atom stereocenters. The molecule has 1 unspecified atom stereocenters. The van der Waals surface area contributed by atoms with Crippen molar-refractivity contribution in [2.24, 2.45) is 16.9 Å². The van der Waals surface area contributed by atoms with Gasteiger partial charge in [0.05, 0.1) is 6.04 Å². The number of nitrogens with two attached hydrogens (primary N) is 2. The van der Waals surface area contributed by atoms with Gasteiger partial charge in [-0.05, 0) is 12.8 Å². The number of nitrogens with zero attached hydrogens (tertiary/aromatic N) is 1. The Labute approximate surface area is 229 Å². The van der Waals surface area contributed by atoms with Crippen molar-refractivity contribution in [2.75, 3.05) is 19.5 Å². The van der Waals surface area contributed by atoms with E-state index in [0.29, 0.717) is 0 Å². The van der Waals surface area contributed by atoms with Gasteiger partial charge < -0.3 is 36.5 Å². The second-order valence-electron chi connectivity index (χ2n) is 9.19. The number of hydrogen-bond acceptors (Lipinski definition) is 11. The SMILES string of the molecule is CO[C@@]1(NC(=O)C(N)CCC2(C(=O)O)C(=O)c3ccccc3C2=O)C(=O)N2C(C(=O)O)=C(COC(N)=O)CS[C@H]21. The maximum absolute atomic E-state index is 13.2. The molecule has 0 radical (unpaired) electrons. The summed E-state index contributed by atoms with van der Waals surface area (Å²) in [5.41, 5.74) is 6.03. The molecule has 40 heavy (non-hydrogen) atoms. The lowest BCUT2D eigenvalue weighted by molar-refractivity contribution is -0.192. The van der Waals surface area contributed by atoms with Crippen molar-refractivity contribution < 1.29 is 53.2 Å². The molecule has 212 valence electrons. The van der Waals surface area contributed by atoms with E-state index in [0.717, 1.165) is 23.8 Å². The molecule has 3 amide bonds. The van der Waals surface area contributed by atoms with Gasteiger partial charge in [-0.2, -0.15) is 0 Å². The van der Waals surface area contributed by atoms with E-state index in [1.54, 1.807) is 0 Å². The van der Waals surface area contributed by atoms with E-state index in [4.69, 9.17) is 16.2 Å². The number of hydrogen-bond donors (Lipinski definition) is 5. The van der Waals surface area contributed by atoms with E-state index in [1.165, 1.54) is 24.3 Å². The Morgan fingerprint density at radius 3 is 2.25 bits per heavy atom. The van der Waals surface area contributed by atoms with Crippen LogP contribution in [0.5, 0.6) is 0 Å². The molecule has 15 nitrogen and oxygen atoms in total. The largest absolute Gasteiger partial charge is 0.480 e. The standard InChI is InChI=1S/C24H24N4O11S/c1-38-24(19(34)28-14(18(32)33)10(8-39-22(26)37)9-40-20(24)28)27-17(31)13(25)6-7-23(21(35)36)15(29)11-4-2-3-5-12(11)16(23)30/h2-5,13,20H,6-9,25H2,1H3,(H2,26,37)(H,27,31)(H,32,33)(H,35,36)/t13?,20-,24-/m0/s1. The van der Waals surface area contributed by atoms with E-state index in [1.807, 2.05) is 0 Å². The zero-order valence-electron chi connectivity index (χ0n) is 20.9. The maximum atomic E-state index is 13.2. The fourth-order valence-electron chi connectivity index (χ4n) is 4.96. The number of β-lactam (4-membered cyclic amide) rings is 1. The molecule has 1 aliphatic carbocycles. The zero-order chi connectivity index (χ0) is 29.6. The van der Waals surface area contributed by atoms with Crippen LogP contribution in [0.3, 0.4) is 0 Å². The Morgan fingerprint density at radius 2 is 1.75 bits per heavy atom. The molecule has 1 aromatic rings. The lowest BCUT2D eigenvalue weighted by Gasteiger charge is -2.55. The summed E-state index contributed by atoms with van der Waals surface area (Å²) in [6, 6.07) is 4.20. The third-order valence-electron chi connectivity index (χ3n) is 7.06. The number of carbonyl (C=O) groups is 7. The predicted octanol–water partition coefficient (Wildman–Crippen LogP) is -0.948. The molecule has 1 fully saturated rings. The van der Waals surface area contributed by atoms with Gasteiger partial charge in [0.2, 0.25) is 5.91 Å². The topological polar surface area (TPSA) is 246 Å². The summed E-state index contributed by atoms with van der Waals surface area (Å²) in [4.78, 5) is 88.1. The molecule has 0 bridgehead atoms. The van der Waals surface area contributed by atoms with E-state index in [2.05, 4.69) is 10.1 Å². The number of aliphatic carboxylic acids is 2. The molecule has 7 N–H and O–H groups in total. The number of benzene rings is 1. The number of nitrogens with one attached hydrogen (secondary N) is 1. The Hall–Kier alpha value is -4.28.